The maximum atomic E-state index is 13.6. The summed E-state index contributed by atoms with van der Waals surface area (Å²) in [4.78, 5) is 34.2. The van der Waals surface area contributed by atoms with Gasteiger partial charge in [0.25, 0.3) is 0 Å². The van der Waals surface area contributed by atoms with Crippen molar-refractivity contribution in [2.24, 2.45) is 0 Å². The van der Waals surface area contributed by atoms with Crippen LogP contribution in [0, 0.1) is 6.92 Å². The highest BCUT2D eigenvalue weighted by molar-refractivity contribution is 5.97. The maximum absolute atomic E-state index is 13.6. The van der Waals surface area contributed by atoms with E-state index in [0.29, 0.717) is 13.0 Å². The summed E-state index contributed by atoms with van der Waals surface area (Å²) in [6, 6.07) is 15.7. The van der Waals surface area contributed by atoms with Crippen LogP contribution < -0.4 is 0 Å². The number of aromatic amines is 1. The van der Waals surface area contributed by atoms with Gasteiger partial charge in [-0.25, -0.2) is 0 Å². The molecule has 1 saturated heterocycles. The number of aryl methyl sites for hydroxylation is 1. The minimum Gasteiger partial charge on any atom is -0.356 e. The van der Waals surface area contributed by atoms with Gasteiger partial charge < -0.3 is 14.8 Å². The van der Waals surface area contributed by atoms with Crippen LogP contribution in [-0.4, -0.2) is 45.7 Å². The number of aromatic nitrogens is 1. The first-order valence-corrected chi connectivity index (χ1v) is 11.3. The lowest BCUT2D eigenvalue weighted by molar-refractivity contribution is -0.158. The number of fused-ring (bicyclic) bond motifs is 4. The van der Waals surface area contributed by atoms with Crippen molar-refractivity contribution in [3.8, 4) is 0 Å². The van der Waals surface area contributed by atoms with Gasteiger partial charge in [-0.1, -0.05) is 62.2 Å². The standard InChI is InChI=1S/C26H29N3O2/c1-3-4-9-14-28-16-23(30)29-22(26(28)31)15-20-19-12-7-8-13-21(19)27-24(20)25(29)18-11-6-5-10-17(18)2/h5-8,10-13,22,25,27H,3-4,9,14-16H2,1-2H3/t22-,25?/m0/s1. The molecule has 2 aromatic carbocycles. The number of para-hydroxylation sites is 1. The topological polar surface area (TPSA) is 56.4 Å². The average molecular weight is 416 g/mol. The summed E-state index contributed by atoms with van der Waals surface area (Å²) in [7, 11) is 0. The van der Waals surface area contributed by atoms with Gasteiger partial charge in [0.05, 0.1) is 12.6 Å². The summed E-state index contributed by atoms with van der Waals surface area (Å²) in [5.41, 5.74) is 5.49. The number of unbranched alkanes of at least 4 members (excludes halogenated alkanes) is 2. The minimum absolute atomic E-state index is 0.0404. The molecule has 0 radical (unpaired) electrons. The van der Waals surface area contributed by atoms with Crippen molar-refractivity contribution in [2.45, 2.75) is 51.6 Å². The third kappa shape index (κ3) is 3.23. The first-order chi connectivity index (χ1) is 15.1. The second-order valence-electron chi connectivity index (χ2n) is 8.81. The number of H-pyrrole nitrogens is 1. The molecule has 2 atom stereocenters. The molecule has 31 heavy (non-hydrogen) atoms. The summed E-state index contributed by atoms with van der Waals surface area (Å²) in [6.07, 6.45) is 3.68. The van der Waals surface area contributed by atoms with Gasteiger partial charge in [-0.15, -0.1) is 0 Å². The number of nitrogens with one attached hydrogen (secondary N) is 1. The number of benzene rings is 2. The SMILES string of the molecule is CCCCCN1CC(=O)N2C(c3ccccc3C)c3[nH]c4ccccc4c3C[C@H]2C1=O. The molecule has 0 bridgehead atoms. The fraction of sp³-hybridized carbons (Fsp3) is 0.385. The summed E-state index contributed by atoms with van der Waals surface area (Å²) < 4.78 is 0. The number of piperazine rings is 1. The van der Waals surface area contributed by atoms with E-state index in [4.69, 9.17) is 0 Å². The fourth-order valence-corrected chi connectivity index (χ4v) is 5.28. The normalized spacial score (nSPS) is 20.8. The highest BCUT2D eigenvalue weighted by Crippen LogP contribution is 2.43. The second-order valence-corrected chi connectivity index (χ2v) is 8.81. The van der Waals surface area contributed by atoms with Gasteiger partial charge in [-0.05, 0) is 36.1 Å². The van der Waals surface area contributed by atoms with E-state index in [1.54, 1.807) is 4.90 Å². The van der Waals surface area contributed by atoms with Crippen LogP contribution in [-0.2, 0) is 16.0 Å². The molecule has 0 spiro atoms. The molecule has 5 rings (SSSR count). The van der Waals surface area contributed by atoms with Crippen LogP contribution in [0.2, 0.25) is 0 Å². The van der Waals surface area contributed by atoms with Crippen LogP contribution in [0.3, 0.4) is 0 Å². The molecule has 5 nitrogen and oxygen atoms in total. The van der Waals surface area contributed by atoms with Crippen molar-refractivity contribution in [1.82, 2.24) is 14.8 Å². The van der Waals surface area contributed by atoms with E-state index < -0.39 is 6.04 Å². The van der Waals surface area contributed by atoms with Gasteiger partial charge in [-0.3, -0.25) is 9.59 Å². The first kappa shape index (κ1) is 19.9. The van der Waals surface area contributed by atoms with Crippen molar-refractivity contribution in [3.05, 3.63) is 70.9 Å². The van der Waals surface area contributed by atoms with Gasteiger partial charge in [-0.2, -0.15) is 0 Å². The zero-order valence-corrected chi connectivity index (χ0v) is 18.2. The Morgan fingerprint density at radius 3 is 2.61 bits per heavy atom. The molecule has 2 aliphatic heterocycles. The molecule has 3 heterocycles. The van der Waals surface area contributed by atoms with Crippen LogP contribution in [0.15, 0.2) is 48.5 Å². The Kier molecular flexibility index (Phi) is 5.05. The van der Waals surface area contributed by atoms with Crippen LogP contribution >= 0.6 is 0 Å². The highest BCUT2D eigenvalue weighted by Gasteiger charge is 2.48. The molecule has 2 aliphatic rings. The molecule has 0 aliphatic carbocycles. The van der Waals surface area contributed by atoms with Crippen LogP contribution in [0.4, 0.5) is 0 Å². The Hall–Kier alpha value is -3.08. The monoisotopic (exact) mass is 415 g/mol. The van der Waals surface area contributed by atoms with E-state index in [-0.39, 0.29) is 24.4 Å². The van der Waals surface area contributed by atoms with Crippen molar-refractivity contribution in [2.75, 3.05) is 13.1 Å². The lowest BCUT2D eigenvalue weighted by Crippen LogP contribution is -2.63. The largest absolute Gasteiger partial charge is 0.356 e. The van der Waals surface area contributed by atoms with Crippen LogP contribution in [0.1, 0.15) is 54.6 Å². The van der Waals surface area contributed by atoms with Gasteiger partial charge in [0.2, 0.25) is 11.8 Å². The molecule has 1 fully saturated rings. The number of carbonyl (C=O) groups excluding carboxylic acids is 2. The van der Waals surface area contributed by atoms with Crippen molar-refractivity contribution in [3.63, 3.8) is 0 Å². The number of rotatable bonds is 5. The zero-order chi connectivity index (χ0) is 21.5. The Balaban J connectivity index is 1.63. The summed E-state index contributed by atoms with van der Waals surface area (Å²) in [5.74, 6) is 0.129. The summed E-state index contributed by atoms with van der Waals surface area (Å²) in [5, 5.41) is 1.15. The summed E-state index contributed by atoms with van der Waals surface area (Å²) >= 11 is 0. The Morgan fingerprint density at radius 2 is 1.81 bits per heavy atom. The maximum Gasteiger partial charge on any atom is 0.246 e. The van der Waals surface area contributed by atoms with Crippen molar-refractivity contribution in [1.29, 1.82) is 0 Å². The molecule has 0 saturated carbocycles. The predicted octanol–water partition coefficient (Wildman–Crippen LogP) is 4.35. The molecule has 1 unspecified atom stereocenters. The van der Waals surface area contributed by atoms with E-state index in [1.807, 2.05) is 29.2 Å². The van der Waals surface area contributed by atoms with Gasteiger partial charge in [0.15, 0.2) is 0 Å². The molecule has 2 amide bonds. The third-order valence-electron chi connectivity index (χ3n) is 6.86. The Bertz CT molecular complexity index is 1150. The number of amides is 2. The third-order valence-corrected chi connectivity index (χ3v) is 6.86. The number of carbonyl (C=O) groups is 2. The molecular formula is C26H29N3O2. The summed E-state index contributed by atoms with van der Waals surface area (Å²) in [6.45, 7) is 5.07. The van der Waals surface area contributed by atoms with Gasteiger partial charge in [0.1, 0.15) is 6.04 Å². The lowest BCUT2D eigenvalue weighted by Gasteiger charge is -2.47. The molecular weight excluding hydrogens is 386 g/mol. The number of hydrogen-bond donors (Lipinski definition) is 1. The van der Waals surface area contributed by atoms with E-state index in [1.165, 1.54) is 5.56 Å². The predicted molar refractivity (Wildman–Crippen MR) is 122 cm³/mol. The first-order valence-electron chi connectivity index (χ1n) is 11.3. The van der Waals surface area contributed by atoms with Gasteiger partial charge in [0, 0.05) is 29.6 Å². The number of nitrogens with zero attached hydrogens (tertiary/aromatic N) is 2. The second kappa shape index (κ2) is 7.88. The lowest BCUT2D eigenvalue weighted by atomic mass is 9.85. The molecule has 160 valence electrons. The van der Waals surface area contributed by atoms with Crippen LogP contribution in [0.25, 0.3) is 10.9 Å². The minimum atomic E-state index is -0.445. The van der Waals surface area contributed by atoms with E-state index >= 15 is 0 Å². The van der Waals surface area contributed by atoms with Gasteiger partial charge >= 0.3 is 0 Å². The average Bonchev–Trinajstić information content (AvgIpc) is 3.15. The fourth-order valence-electron chi connectivity index (χ4n) is 5.28. The smallest absolute Gasteiger partial charge is 0.246 e. The highest BCUT2D eigenvalue weighted by atomic mass is 16.2. The molecule has 5 heteroatoms. The van der Waals surface area contributed by atoms with E-state index in [0.717, 1.165) is 47.0 Å². The van der Waals surface area contributed by atoms with E-state index in [9.17, 15) is 9.59 Å². The van der Waals surface area contributed by atoms with Crippen molar-refractivity contribution < 1.29 is 9.59 Å². The number of hydrogen-bond acceptors (Lipinski definition) is 2. The Morgan fingerprint density at radius 1 is 1.03 bits per heavy atom. The molecule has 1 aromatic heterocycles. The molecule has 1 N–H and O–H groups in total. The van der Waals surface area contributed by atoms with Crippen molar-refractivity contribution >= 4 is 22.7 Å². The molecule has 3 aromatic rings. The quantitative estimate of drug-likeness (QED) is 0.630. The zero-order valence-electron chi connectivity index (χ0n) is 18.2. The van der Waals surface area contributed by atoms with Crippen LogP contribution in [0.5, 0.6) is 0 Å². The Labute approximate surface area is 183 Å². The van der Waals surface area contributed by atoms with E-state index in [2.05, 4.69) is 43.1 Å².